The Morgan fingerprint density at radius 2 is 2.12 bits per heavy atom. The van der Waals surface area contributed by atoms with E-state index in [1.54, 1.807) is 11.3 Å². The second-order valence-corrected chi connectivity index (χ2v) is 6.05. The first-order valence-corrected chi connectivity index (χ1v) is 6.96. The van der Waals surface area contributed by atoms with Crippen LogP contribution in [0.15, 0.2) is 12.1 Å². The van der Waals surface area contributed by atoms with E-state index in [1.807, 2.05) is 26.0 Å². The molecule has 1 aromatic rings. The van der Waals surface area contributed by atoms with Crippen molar-refractivity contribution < 1.29 is 9.84 Å². The number of hydrogen-bond donors (Lipinski definition) is 2. The minimum atomic E-state index is -0.477. The Kier molecular flexibility index (Phi) is 6.44. The van der Waals surface area contributed by atoms with Gasteiger partial charge >= 0.3 is 0 Å². The van der Waals surface area contributed by atoms with Crippen LogP contribution in [-0.2, 0) is 4.74 Å². The summed E-state index contributed by atoms with van der Waals surface area (Å²) < 4.78 is 6.13. The molecule has 0 spiro atoms. The molecule has 2 N–H and O–H groups in total. The van der Waals surface area contributed by atoms with Crippen LogP contribution >= 0.6 is 22.9 Å². The maximum absolute atomic E-state index is 9.69. The standard InChI is InChI=1S/C12H20ClNO2S/c1-8(2)16-7-10(15)6-14-9(3)11-4-5-12(13)17-11/h4-5,8-10,14-15H,6-7H2,1-3H3. The van der Waals surface area contributed by atoms with Gasteiger partial charge in [0.2, 0.25) is 0 Å². The molecule has 0 saturated carbocycles. The fourth-order valence-corrected chi connectivity index (χ4v) is 2.42. The molecule has 0 saturated heterocycles. The summed E-state index contributed by atoms with van der Waals surface area (Å²) in [6.07, 6.45) is -0.325. The van der Waals surface area contributed by atoms with Crippen LogP contribution in [-0.4, -0.2) is 30.5 Å². The molecule has 1 rings (SSSR count). The van der Waals surface area contributed by atoms with Crippen LogP contribution in [0, 0.1) is 0 Å². The van der Waals surface area contributed by atoms with Gasteiger partial charge in [-0.15, -0.1) is 11.3 Å². The lowest BCUT2D eigenvalue weighted by Crippen LogP contribution is -2.32. The fourth-order valence-electron chi connectivity index (χ4n) is 1.34. The summed E-state index contributed by atoms with van der Waals surface area (Å²) in [7, 11) is 0. The molecule has 5 heteroatoms. The third kappa shape index (κ3) is 5.84. The molecular weight excluding hydrogens is 258 g/mol. The van der Waals surface area contributed by atoms with Crippen molar-refractivity contribution in [2.75, 3.05) is 13.2 Å². The topological polar surface area (TPSA) is 41.5 Å². The third-order valence-electron chi connectivity index (χ3n) is 2.30. The molecule has 17 heavy (non-hydrogen) atoms. The Morgan fingerprint density at radius 1 is 1.41 bits per heavy atom. The zero-order chi connectivity index (χ0) is 12.8. The second-order valence-electron chi connectivity index (χ2n) is 4.31. The fraction of sp³-hybridized carbons (Fsp3) is 0.667. The predicted molar refractivity (Wildman–Crippen MR) is 72.8 cm³/mol. The molecule has 0 aliphatic heterocycles. The van der Waals surface area contributed by atoms with Crippen molar-refractivity contribution in [2.24, 2.45) is 0 Å². The van der Waals surface area contributed by atoms with E-state index in [-0.39, 0.29) is 12.1 Å². The first-order chi connectivity index (χ1) is 7.99. The maximum Gasteiger partial charge on any atom is 0.0931 e. The van der Waals surface area contributed by atoms with Gasteiger partial charge in [0.05, 0.1) is 23.2 Å². The monoisotopic (exact) mass is 277 g/mol. The number of halogens is 1. The van der Waals surface area contributed by atoms with E-state index in [0.717, 1.165) is 4.34 Å². The summed E-state index contributed by atoms with van der Waals surface area (Å²) in [5.74, 6) is 0. The minimum absolute atomic E-state index is 0.151. The Morgan fingerprint density at radius 3 is 2.65 bits per heavy atom. The van der Waals surface area contributed by atoms with Gasteiger partial charge < -0.3 is 15.2 Å². The summed E-state index contributed by atoms with van der Waals surface area (Å²) in [5.41, 5.74) is 0. The molecule has 0 aromatic carbocycles. The van der Waals surface area contributed by atoms with E-state index in [0.29, 0.717) is 13.2 Å². The molecule has 1 aromatic heterocycles. The smallest absolute Gasteiger partial charge is 0.0931 e. The molecule has 0 amide bonds. The SMILES string of the molecule is CC(C)OCC(O)CNC(C)c1ccc(Cl)s1. The van der Waals surface area contributed by atoms with Crippen LogP contribution in [0.25, 0.3) is 0 Å². The first-order valence-electron chi connectivity index (χ1n) is 5.77. The molecule has 0 aliphatic carbocycles. The van der Waals surface area contributed by atoms with Crippen molar-refractivity contribution in [2.45, 2.75) is 39.0 Å². The largest absolute Gasteiger partial charge is 0.389 e. The van der Waals surface area contributed by atoms with E-state index in [4.69, 9.17) is 16.3 Å². The number of rotatable bonds is 7. The average molecular weight is 278 g/mol. The van der Waals surface area contributed by atoms with Crippen LogP contribution in [0.4, 0.5) is 0 Å². The highest BCUT2D eigenvalue weighted by Crippen LogP contribution is 2.26. The van der Waals surface area contributed by atoms with Crippen molar-refractivity contribution in [3.8, 4) is 0 Å². The van der Waals surface area contributed by atoms with Gasteiger partial charge in [0.1, 0.15) is 0 Å². The summed E-state index contributed by atoms with van der Waals surface area (Å²) in [6, 6.07) is 4.08. The summed E-state index contributed by atoms with van der Waals surface area (Å²) in [5, 5.41) is 12.9. The quantitative estimate of drug-likeness (QED) is 0.805. The lowest BCUT2D eigenvalue weighted by molar-refractivity contribution is 0.00564. The third-order valence-corrected chi connectivity index (χ3v) is 3.72. The minimum Gasteiger partial charge on any atom is -0.389 e. The van der Waals surface area contributed by atoms with Gasteiger partial charge in [0, 0.05) is 17.5 Å². The molecule has 3 nitrogen and oxygen atoms in total. The number of nitrogens with one attached hydrogen (secondary N) is 1. The zero-order valence-electron chi connectivity index (χ0n) is 10.4. The number of thiophene rings is 1. The van der Waals surface area contributed by atoms with Gasteiger partial charge in [-0.3, -0.25) is 0 Å². The van der Waals surface area contributed by atoms with Crippen LogP contribution in [0.3, 0.4) is 0 Å². The Bertz CT molecular complexity index is 330. The highest BCUT2D eigenvalue weighted by atomic mass is 35.5. The van der Waals surface area contributed by atoms with E-state index in [2.05, 4.69) is 12.2 Å². The second kappa shape index (κ2) is 7.34. The molecule has 98 valence electrons. The molecule has 2 unspecified atom stereocenters. The van der Waals surface area contributed by atoms with Crippen molar-refractivity contribution in [3.05, 3.63) is 21.3 Å². The zero-order valence-corrected chi connectivity index (χ0v) is 12.0. The first kappa shape index (κ1) is 14.9. The number of hydrogen-bond acceptors (Lipinski definition) is 4. The van der Waals surface area contributed by atoms with Gasteiger partial charge in [0.15, 0.2) is 0 Å². The summed E-state index contributed by atoms with van der Waals surface area (Å²) in [4.78, 5) is 1.17. The van der Waals surface area contributed by atoms with Gasteiger partial charge in [-0.25, -0.2) is 0 Å². The Balaban J connectivity index is 2.25. The lowest BCUT2D eigenvalue weighted by atomic mass is 10.2. The van der Waals surface area contributed by atoms with Crippen molar-refractivity contribution in [1.82, 2.24) is 5.32 Å². The highest BCUT2D eigenvalue weighted by Gasteiger charge is 2.11. The van der Waals surface area contributed by atoms with Crippen LogP contribution in [0.5, 0.6) is 0 Å². The molecule has 0 fully saturated rings. The van der Waals surface area contributed by atoms with Crippen molar-refractivity contribution in [1.29, 1.82) is 0 Å². The van der Waals surface area contributed by atoms with Crippen molar-refractivity contribution in [3.63, 3.8) is 0 Å². The molecular formula is C12H20ClNO2S. The van der Waals surface area contributed by atoms with Gasteiger partial charge in [-0.2, -0.15) is 0 Å². The molecule has 0 aliphatic rings. The van der Waals surface area contributed by atoms with Gasteiger partial charge in [0.25, 0.3) is 0 Å². The number of ether oxygens (including phenoxy) is 1. The van der Waals surface area contributed by atoms with Crippen LogP contribution in [0.1, 0.15) is 31.7 Å². The van der Waals surface area contributed by atoms with Crippen molar-refractivity contribution >= 4 is 22.9 Å². The number of aliphatic hydroxyl groups excluding tert-OH is 1. The van der Waals surface area contributed by atoms with Gasteiger partial charge in [-0.1, -0.05) is 11.6 Å². The average Bonchev–Trinajstić information content (AvgIpc) is 2.70. The van der Waals surface area contributed by atoms with E-state index < -0.39 is 6.10 Å². The Labute approximate surface area is 112 Å². The van der Waals surface area contributed by atoms with Crippen LogP contribution < -0.4 is 5.32 Å². The lowest BCUT2D eigenvalue weighted by Gasteiger charge is -2.17. The maximum atomic E-state index is 9.69. The normalized spacial score (nSPS) is 15.2. The number of aliphatic hydroxyl groups is 1. The van der Waals surface area contributed by atoms with E-state index in [9.17, 15) is 5.11 Å². The summed E-state index contributed by atoms with van der Waals surface area (Å²) >= 11 is 7.43. The predicted octanol–water partition coefficient (Wildman–Crippen LogP) is 2.84. The molecule has 2 atom stereocenters. The molecule has 1 heterocycles. The van der Waals surface area contributed by atoms with Gasteiger partial charge in [-0.05, 0) is 32.9 Å². The summed E-state index contributed by atoms with van der Waals surface area (Å²) in [6.45, 7) is 6.84. The molecule has 0 bridgehead atoms. The Hall–Kier alpha value is -0.130. The van der Waals surface area contributed by atoms with E-state index >= 15 is 0 Å². The van der Waals surface area contributed by atoms with Crippen LogP contribution in [0.2, 0.25) is 4.34 Å². The van der Waals surface area contributed by atoms with E-state index in [1.165, 1.54) is 4.88 Å². The molecule has 0 radical (unpaired) electrons. The highest BCUT2D eigenvalue weighted by molar-refractivity contribution is 7.16.